The quantitative estimate of drug-likeness (QED) is 0.287. The van der Waals surface area contributed by atoms with Gasteiger partial charge in [0.25, 0.3) is 0 Å². The summed E-state index contributed by atoms with van der Waals surface area (Å²) in [5.74, 6) is 2.70. The number of aromatic nitrogens is 3. The van der Waals surface area contributed by atoms with Gasteiger partial charge in [-0.15, -0.1) is 24.0 Å². The molecule has 0 amide bonds. The molecular weight excluding hydrogens is 443 g/mol. The highest BCUT2D eigenvalue weighted by Gasteiger charge is 2.22. The van der Waals surface area contributed by atoms with Crippen LogP contribution in [-0.4, -0.2) is 47.5 Å². The molecule has 0 fully saturated rings. The molecule has 0 aromatic carbocycles. The summed E-state index contributed by atoms with van der Waals surface area (Å²) in [4.78, 5) is 8.89. The van der Waals surface area contributed by atoms with Crippen molar-refractivity contribution in [1.82, 2.24) is 25.4 Å². The van der Waals surface area contributed by atoms with Crippen molar-refractivity contribution in [3.8, 4) is 0 Å². The van der Waals surface area contributed by atoms with Crippen LogP contribution >= 0.6 is 24.0 Å². The van der Waals surface area contributed by atoms with Crippen LogP contribution in [0.3, 0.4) is 0 Å². The molecule has 1 atom stereocenters. The van der Waals surface area contributed by atoms with E-state index in [1.165, 1.54) is 25.7 Å². The highest BCUT2D eigenvalue weighted by molar-refractivity contribution is 14.0. The average Bonchev–Trinajstić information content (AvgIpc) is 3.03. The largest absolute Gasteiger partial charge is 0.377 e. The monoisotopic (exact) mass is 474 g/mol. The summed E-state index contributed by atoms with van der Waals surface area (Å²) in [6.45, 7) is 2.22. The summed E-state index contributed by atoms with van der Waals surface area (Å²) >= 11 is 0. The first-order valence-corrected chi connectivity index (χ1v) is 9.35. The van der Waals surface area contributed by atoms with Crippen molar-refractivity contribution in [1.29, 1.82) is 0 Å². The molecule has 2 heterocycles. The first-order chi connectivity index (χ1) is 12.3. The Morgan fingerprint density at radius 2 is 2.27 bits per heavy atom. The van der Waals surface area contributed by atoms with E-state index in [1.807, 2.05) is 11.7 Å². The van der Waals surface area contributed by atoms with Gasteiger partial charge in [-0.3, -0.25) is 4.99 Å². The van der Waals surface area contributed by atoms with E-state index in [0.717, 1.165) is 50.0 Å². The van der Waals surface area contributed by atoms with E-state index in [1.54, 1.807) is 12.7 Å². The van der Waals surface area contributed by atoms with Gasteiger partial charge in [-0.2, -0.15) is 5.10 Å². The van der Waals surface area contributed by atoms with Crippen molar-refractivity contribution in [2.24, 2.45) is 4.99 Å². The molecule has 0 bridgehead atoms. The van der Waals surface area contributed by atoms with Gasteiger partial charge < -0.3 is 15.4 Å². The fraction of sp³-hybridized carbons (Fsp3) is 0.722. The van der Waals surface area contributed by atoms with Crippen LogP contribution in [0.25, 0.3) is 0 Å². The Balaban J connectivity index is 0.00000243. The molecule has 2 N–H and O–H groups in total. The molecule has 0 saturated carbocycles. The van der Waals surface area contributed by atoms with Crippen LogP contribution < -0.4 is 10.6 Å². The van der Waals surface area contributed by atoms with Gasteiger partial charge in [0.15, 0.2) is 11.8 Å². The van der Waals surface area contributed by atoms with Gasteiger partial charge in [-0.1, -0.05) is 11.6 Å². The number of rotatable bonds is 6. The van der Waals surface area contributed by atoms with Crippen molar-refractivity contribution >= 4 is 29.9 Å². The average molecular weight is 474 g/mol. The van der Waals surface area contributed by atoms with Crippen molar-refractivity contribution in [2.75, 3.05) is 20.7 Å². The Morgan fingerprint density at radius 1 is 1.38 bits per heavy atom. The maximum absolute atomic E-state index is 5.12. The van der Waals surface area contributed by atoms with E-state index in [4.69, 9.17) is 4.74 Å². The number of hydrogen-bond acceptors (Lipinski definition) is 4. The lowest BCUT2D eigenvalue weighted by Crippen LogP contribution is -2.47. The Morgan fingerprint density at radius 3 is 3.00 bits per heavy atom. The topological polar surface area (TPSA) is 76.4 Å². The normalized spacial score (nSPS) is 20.0. The lowest BCUT2D eigenvalue weighted by atomic mass is 9.97. The molecule has 0 spiro atoms. The Labute approximate surface area is 173 Å². The molecule has 1 unspecified atom stereocenters. The maximum atomic E-state index is 5.12. The molecule has 8 heteroatoms. The zero-order valence-corrected chi connectivity index (χ0v) is 18.2. The highest BCUT2D eigenvalue weighted by atomic mass is 127. The first kappa shape index (κ1) is 21.1. The molecule has 146 valence electrons. The minimum Gasteiger partial charge on any atom is -0.377 e. The van der Waals surface area contributed by atoms with Gasteiger partial charge in [-0.25, -0.2) is 9.67 Å². The van der Waals surface area contributed by atoms with E-state index in [0.29, 0.717) is 12.6 Å². The number of halogens is 1. The minimum absolute atomic E-state index is 0. The predicted molar refractivity (Wildman–Crippen MR) is 114 cm³/mol. The predicted octanol–water partition coefficient (Wildman–Crippen LogP) is 2.41. The third-order valence-electron chi connectivity index (χ3n) is 4.86. The molecule has 1 aliphatic carbocycles. The number of nitrogens with one attached hydrogen (secondary N) is 2. The Bertz CT molecular complexity index is 627. The molecule has 1 aromatic rings. The fourth-order valence-electron chi connectivity index (χ4n) is 3.53. The lowest BCUT2D eigenvalue weighted by Gasteiger charge is -2.25. The Hall–Kier alpha value is -1.16. The summed E-state index contributed by atoms with van der Waals surface area (Å²) in [5.41, 5.74) is 1.59. The standard InChI is InChI=1S/C18H30N6O.HI/c1-19-18(20-11-10-14-6-4-3-5-7-14)21-15-8-9-17-22-16(13-25-2)23-24(17)12-15;/h6,15H,3-5,7-13H2,1-2H3,(H2,19,20,21);1H. The van der Waals surface area contributed by atoms with E-state index in [9.17, 15) is 0 Å². The molecule has 7 nitrogen and oxygen atoms in total. The van der Waals surface area contributed by atoms with Gasteiger partial charge in [0.1, 0.15) is 12.4 Å². The second-order valence-corrected chi connectivity index (χ2v) is 6.80. The fourth-order valence-corrected chi connectivity index (χ4v) is 3.53. The molecule has 1 aromatic heterocycles. The van der Waals surface area contributed by atoms with E-state index in [-0.39, 0.29) is 24.0 Å². The van der Waals surface area contributed by atoms with Gasteiger partial charge in [0.2, 0.25) is 0 Å². The lowest BCUT2D eigenvalue weighted by molar-refractivity contribution is 0.177. The number of allylic oxidation sites excluding steroid dienone is 1. The van der Waals surface area contributed by atoms with Crippen LogP contribution in [0.1, 0.15) is 50.2 Å². The van der Waals surface area contributed by atoms with E-state index >= 15 is 0 Å². The van der Waals surface area contributed by atoms with Gasteiger partial charge in [0, 0.05) is 33.2 Å². The van der Waals surface area contributed by atoms with E-state index in [2.05, 4.69) is 31.8 Å². The van der Waals surface area contributed by atoms with Crippen LogP contribution in [0.4, 0.5) is 0 Å². The molecular formula is C18H31IN6O. The number of aliphatic imine (C=N–C) groups is 1. The number of ether oxygens (including phenoxy) is 1. The summed E-state index contributed by atoms with van der Waals surface area (Å²) < 4.78 is 7.12. The van der Waals surface area contributed by atoms with Crippen LogP contribution in [-0.2, 0) is 24.3 Å². The van der Waals surface area contributed by atoms with Gasteiger partial charge in [0.05, 0.1) is 6.54 Å². The SMILES string of the molecule is CN=C(NCCC1=CCCCC1)NC1CCc2nc(COC)nn2C1.I. The number of guanidine groups is 1. The van der Waals surface area contributed by atoms with E-state index < -0.39 is 0 Å². The molecule has 1 aliphatic heterocycles. The first-order valence-electron chi connectivity index (χ1n) is 9.35. The molecule has 3 rings (SSSR count). The number of methoxy groups -OCH3 is 1. The number of fused-ring (bicyclic) bond motifs is 1. The molecule has 0 radical (unpaired) electrons. The van der Waals surface area contributed by atoms with Crippen molar-refractivity contribution in [2.45, 2.75) is 64.1 Å². The van der Waals surface area contributed by atoms with Crippen molar-refractivity contribution in [3.63, 3.8) is 0 Å². The van der Waals surface area contributed by atoms with Crippen LogP contribution in [0.2, 0.25) is 0 Å². The third kappa shape index (κ3) is 5.94. The second-order valence-electron chi connectivity index (χ2n) is 6.80. The van der Waals surface area contributed by atoms with Crippen molar-refractivity contribution < 1.29 is 4.74 Å². The van der Waals surface area contributed by atoms with Crippen LogP contribution in [0.5, 0.6) is 0 Å². The zero-order chi connectivity index (χ0) is 17.5. The summed E-state index contributed by atoms with van der Waals surface area (Å²) in [7, 11) is 3.50. The smallest absolute Gasteiger partial charge is 0.191 e. The molecule has 0 saturated heterocycles. The summed E-state index contributed by atoms with van der Waals surface area (Å²) in [5, 5.41) is 11.5. The molecule has 26 heavy (non-hydrogen) atoms. The minimum atomic E-state index is 0. The second kappa shape index (κ2) is 10.9. The summed E-state index contributed by atoms with van der Waals surface area (Å²) in [6.07, 6.45) is 10.7. The number of aryl methyl sites for hydroxylation is 1. The van der Waals surface area contributed by atoms with Gasteiger partial charge >= 0.3 is 0 Å². The van der Waals surface area contributed by atoms with Crippen molar-refractivity contribution in [3.05, 3.63) is 23.3 Å². The molecule has 2 aliphatic rings. The number of nitrogens with zero attached hydrogens (tertiary/aromatic N) is 4. The maximum Gasteiger partial charge on any atom is 0.191 e. The summed E-state index contributed by atoms with van der Waals surface area (Å²) in [6, 6.07) is 0.324. The zero-order valence-electron chi connectivity index (χ0n) is 15.8. The number of hydrogen-bond donors (Lipinski definition) is 2. The highest BCUT2D eigenvalue weighted by Crippen LogP contribution is 2.19. The van der Waals surface area contributed by atoms with Crippen LogP contribution in [0, 0.1) is 0 Å². The third-order valence-corrected chi connectivity index (χ3v) is 4.86. The van der Waals surface area contributed by atoms with Gasteiger partial charge in [-0.05, 0) is 38.5 Å². The van der Waals surface area contributed by atoms with Crippen LogP contribution in [0.15, 0.2) is 16.6 Å². The Kier molecular flexibility index (Phi) is 8.83.